The molecule has 28 heavy (non-hydrogen) atoms. The Kier molecular flexibility index (Phi) is 4.03. The molecule has 0 amide bonds. The maximum Gasteiger partial charge on any atom is 0.416 e. The molecule has 0 radical (unpaired) electrons. The average Bonchev–Trinajstić information content (AvgIpc) is 3.04. The maximum absolute atomic E-state index is 13.1. The van der Waals surface area contributed by atoms with Crippen LogP contribution in [0.2, 0.25) is 0 Å². The van der Waals surface area contributed by atoms with Crippen molar-refractivity contribution < 1.29 is 18.0 Å². The zero-order valence-electron chi connectivity index (χ0n) is 15.7. The highest BCUT2D eigenvalue weighted by Crippen LogP contribution is 2.57. The summed E-state index contributed by atoms with van der Waals surface area (Å²) in [4.78, 5) is 15.1. The Hall–Kier alpha value is -2.82. The maximum atomic E-state index is 13.1. The minimum Gasteiger partial charge on any atom is -0.354 e. The fraction of sp³-hybridized carbons (Fsp3) is 0.261. The molecule has 0 unspecified atom stereocenters. The quantitative estimate of drug-likeness (QED) is 0.650. The van der Waals surface area contributed by atoms with E-state index in [4.69, 9.17) is 0 Å². The van der Waals surface area contributed by atoms with E-state index in [9.17, 15) is 18.0 Å². The Morgan fingerprint density at radius 3 is 2.46 bits per heavy atom. The van der Waals surface area contributed by atoms with Crippen molar-refractivity contribution in [2.45, 2.75) is 31.5 Å². The Bertz CT molecular complexity index is 1000. The minimum atomic E-state index is -4.38. The van der Waals surface area contributed by atoms with E-state index in [1.165, 1.54) is 12.1 Å². The van der Waals surface area contributed by atoms with Crippen LogP contribution >= 0.6 is 0 Å². The summed E-state index contributed by atoms with van der Waals surface area (Å²) >= 11 is 0. The lowest BCUT2D eigenvalue weighted by Gasteiger charge is -2.35. The van der Waals surface area contributed by atoms with Gasteiger partial charge in [0, 0.05) is 18.2 Å². The van der Waals surface area contributed by atoms with E-state index >= 15 is 0 Å². The van der Waals surface area contributed by atoms with E-state index in [2.05, 4.69) is 17.5 Å². The highest BCUT2D eigenvalue weighted by Gasteiger charge is 2.57. The predicted octanol–water partition coefficient (Wildman–Crippen LogP) is 5.53. The lowest BCUT2D eigenvalue weighted by Crippen LogP contribution is -2.50. The van der Waals surface area contributed by atoms with Gasteiger partial charge in [-0.1, -0.05) is 35.9 Å². The van der Waals surface area contributed by atoms with Gasteiger partial charge in [-0.3, -0.25) is 4.79 Å². The van der Waals surface area contributed by atoms with Crippen LogP contribution in [0.25, 0.3) is 5.57 Å². The van der Waals surface area contributed by atoms with Crippen molar-refractivity contribution in [1.29, 1.82) is 0 Å². The summed E-state index contributed by atoms with van der Waals surface area (Å²) in [5.74, 6) is -0.269. The molecular formula is C23H20F3NO. The Morgan fingerprint density at radius 1 is 1.18 bits per heavy atom. The molecule has 1 heterocycles. The van der Waals surface area contributed by atoms with E-state index in [0.717, 1.165) is 34.5 Å². The van der Waals surface area contributed by atoms with Crippen molar-refractivity contribution in [3.63, 3.8) is 0 Å². The van der Waals surface area contributed by atoms with E-state index in [1.807, 2.05) is 26.0 Å². The molecule has 2 aromatic rings. The lowest BCUT2D eigenvalue weighted by atomic mass is 9.80. The molecule has 2 nitrogen and oxygen atoms in total. The third-order valence-electron chi connectivity index (χ3n) is 5.86. The van der Waals surface area contributed by atoms with Gasteiger partial charge in [0.05, 0.1) is 5.56 Å². The summed E-state index contributed by atoms with van der Waals surface area (Å²) in [5, 5.41) is 0. The van der Waals surface area contributed by atoms with E-state index in [0.29, 0.717) is 12.1 Å². The topological polar surface area (TPSA) is 20.3 Å². The largest absolute Gasteiger partial charge is 0.416 e. The number of aryl methyl sites for hydroxylation is 1. The molecule has 4 rings (SSSR count). The van der Waals surface area contributed by atoms with Crippen molar-refractivity contribution in [3.8, 4) is 0 Å². The first-order valence-corrected chi connectivity index (χ1v) is 9.10. The number of benzene rings is 2. The monoisotopic (exact) mass is 383 g/mol. The highest BCUT2D eigenvalue weighted by atomic mass is 19.4. The van der Waals surface area contributed by atoms with Crippen LogP contribution in [0.5, 0.6) is 0 Å². The molecule has 2 aliphatic rings. The molecule has 0 saturated carbocycles. The standard InChI is InChI=1S/C23H20F3NO/c1-4-11-27-19-10-5-14(2)12-18(19)21-17(13-20(28)22(21,27)3)15-6-8-16(9-7-15)23(24,25)26/h4-10,12-13,21H,1,11H2,2-3H3/t21-,22-/m0/s1. The van der Waals surface area contributed by atoms with Gasteiger partial charge in [0.15, 0.2) is 5.78 Å². The number of hydrogen-bond donors (Lipinski definition) is 0. The molecule has 144 valence electrons. The van der Waals surface area contributed by atoms with Crippen LogP contribution in [0.3, 0.4) is 0 Å². The summed E-state index contributed by atoms with van der Waals surface area (Å²) in [5.41, 5.74) is 2.99. The van der Waals surface area contributed by atoms with Crippen LogP contribution in [0.1, 0.15) is 35.1 Å². The molecule has 0 aromatic heterocycles. The molecule has 1 aliphatic heterocycles. The number of fused-ring (bicyclic) bond motifs is 3. The number of halogens is 3. The number of ketones is 1. The molecule has 2 aromatic carbocycles. The number of rotatable bonds is 3. The van der Waals surface area contributed by atoms with Crippen LogP contribution in [0.4, 0.5) is 18.9 Å². The molecule has 0 saturated heterocycles. The summed E-state index contributed by atoms with van der Waals surface area (Å²) < 4.78 is 38.8. The Labute approximate surface area is 162 Å². The van der Waals surface area contributed by atoms with Gasteiger partial charge >= 0.3 is 6.18 Å². The molecule has 0 fully saturated rings. The summed E-state index contributed by atoms with van der Waals surface area (Å²) in [6, 6.07) is 11.1. The highest BCUT2D eigenvalue weighted by molar-refractivity contribution is 6.15. The molecule has 0 N–H and O–H groups in total. The number of nitrogens with zero attached hydrogens (tertiary/aromatic N) is 1. The second-order valence-corrected chi connectivity index (χ2v) is 7.58. The number of carbonyl (C=O) groups is 1. The van der Waals surface area contributed by atoms with Crippen molar-refractivity contribution >= 4 is 17.0 Å². The second-order valence-electron chi connectivity index (χ2n) is 7.58. The van der Waals surface area contributed by atoms with Gasteiger partial charge in [-0.15, -0.1) is 6.58 Å². The van der Waals surface area contributed by atoms with Gasteiger partial charge in [-0.05, 0) is 54.8 Å². The zero-order chi connectivity index (χ0) is 20.3. The van der Waals surface area contributed by atoms with Crippen LogP contribution in [-0.2, 0) is 11.0 Å². The first kappa shape index (κ1) is 18.5. The van der Waals surface area contributed by atoms with Gasteiger partial charge in [0.2, 0.25) is 0 Å². The minimum absolute atomic E-state index is 0.0388. The summed E-state index contributed by atoms with van der Waals surface area (Å²) in [6.45, 7) is 8.24. The lowest BCUT2D eigenvalue weighted by molar-refractivity contribution is -0.137. The van der Waals surface area contributed by atoms with Crippen molar-refractivity contribution in [1.82, 2.24) is 0 Å². The Morgan fingerprint density at radius 2 is 1.86 bits per heavy atom. The van der Waals surface area contributed by atoms with E-state index in [1.54, 1.807) is 12.2 Å². The van der Waals surface area contributed by atoms with Gasteiger partial charge in [-0.2, -0.15) is 13.2 Å². The van der Waals surface area contributed by atoms with Crippen molar-refractivity contribution in [3.05, 3.63) is 83.4 Å². The molecule has 0 spiro atoms. The zero-order valence-corrected chi connectivity index (χ0v) is 15.7. The molecular weight excluding hydrogens is 363 g/mol. The summed E-state index contributed by atoms with van der Waals surface area (Å²) in [6.07, 6.45) is -1.03. The van der Waals surface area contributed by atoms with Crippen LogP contribution in [0, 0.1) is 6.92 Å². The van der Waals surface area contributed by atoms with Gasteiger partial charge in [0.1, 0.15) is 5.54 Å². The molecule has 5 heteroatoms. The van der Waals surface area contributed by atoms with Gasteiger partial charge in [0.25, 0.3) is 0 Å². The van der Waals surface area contributed by atoms with E-state index in [-0.39, 0.29) is 11.7 Å². The molecule has 2 atom stereocenters. The van der Waals surface area contributed by atoms with Crippen LogP contribution < -0.4 is 4.90 Å². The molecule has 0 bridgehead atoms. The van der Waals surface area contributed by atoms with Crippen molar-refractivity contribution in [2.75, 3.05) is 11.4 Å². The fourth-order valence-corrected chi connectivity index (χ4v) is 4.49. The van der Waals surface area contributed by atoms with Crippen LogP contribution in [0.15, 0.2) is 61.2 Å². The third kappa shape index (κ3) is 2.53. The van der Waals surface area contributed by atoms with Crippen LogP contribution in [-0.4, -0.2) is 17.9 Å². The predicted molar refractivity (Wildman–Crippen MR) is 104 cm³/mol. The fourth-order valence-electron chi connectivity index (χ4n) is 4.49. The van der Waals surface area contributed by atoms with Crippen molar-refractivity contribution in [2.24, 2.45) is 0 Å². The smallest absolute Gasteiger partial charge is 0.354 e. The average molecular weight is 383 g/mol. The normalized spacial score (nSPS) is 23.5. The number of alkyl halides is 3. The first-order chi connectivity index (χ1) is 13.2. The van der Waals surface area contributed by atoms with E-state index < -0.39 is 17.3 Å². The third-order valence-corrected chi connectivity index (χ3v) is 5.86. The molecule has 1 aliphatic carbocycles. The summed E-state index contributed by atoms with van der Waals surface area (Å²) in [7, 11) is 0. The number of anilines is 1. The SMILES string of the molecule is C=CCN1c2ccc(C)cc2[C@@H]2C(c3ccc(C(F)(F)F)cc3)=CC(=O)[C@@]21C. The number of hydrogen-bond acceptors (Lipinski definition) is 2. The number of carbonyl (C=O) groups excluding carboxylic acids is 1. The first-order valence-electron chi connectivity index (χ1n) is 9.10. The van der Waals surface area contributed by atoms with Gasteiger partial charge in [-0.25, -0.2) is 0 Å². The van der Waals surface area contributed by atoms with Gasteiger partial charge < -0.3 is 4.90 Å². The second kappa shape index (κ2) is 6.09. The Balaban J connectivity index is 1.85.